The van der Waals surface area contributed by atoms with Gasteiger partial charge in [0.25, 0.3) is 0 Å². The minimum Gasteiger partial charge on any atom is -0.459 e. The molecule has 1 unspecified atom stereocenters. The molecule has 0 bridgehead atoms. The second-order valence-corrected chi connectivity index (χ2v) is 10.2. The summed E-state index contributed by atoms with van der Waals surface area (Å²) in [6.07, 6.45) is -0.439. The Balaban J connectivity index is 1.72. The molecule has 1 spiro atoms. The largest absolute Gasteiger partial charge is 0.459 e. The van der Waals surface area contributed by atoms with Gasteiger partial charge in [0.1, 0.15) is 18.0 Å². The molecule has 2 aromatic carbocycles. The molecule has 7 nitrogen and oxygen atoms in total. The second-order valence-electron chi connectivity index (χ2n) is 9.28. The van der Waals surface area contributed by atoms with Crippen LogP contribution in [0.3, 0.4) is 0 Å². The summed E-state index contributed by atoms with van der Waals surface area (Å²) >= 11 is 12.1. The fourth-order valence-electron chi connectivity index (χ4n) is 4.36. The Morgan fingerprint density at radius 2 is 1.71 bits per heavy atom. The van der Waals surface area contributed by atoms with Crippen molar-refractivity contribution in [1.82, 2.24) is 4.90 Å². The third-order valence-electron chi connectivity index (χ3n) is 5.62. The van der Waals surface area contributed by atoms with Crippen LogP contribution in [0.25, 0.3) is 0 Å². The van der Waals surface area contributed by atoms with E-state index in [1.165, 1.54) is 24.3 Å². The molecular formula is C24H21Cl2FN2O5. The van der Waals surface area contributed by atoms with Crippen molar-refractivity contribution in [2.45, 2.75) is 44.8 Å². The summed E-state index contributed by atoms with van der Waals surface area (Å²) < 4.78 is 19.1. The van der Waals surface area contributed by atoms with Gasteiger partial charge in [-0.15, -0.1) is 0 Å². The van der Waals surface area contributed by atoms with Crippen LogP contribution in [0.4, 0.5) is 10.1 Å². The van der Waals surface area contributed by atoms with Crippen LogP contribution in [0.5, 0.6) is 0 Å². The van der Waals surface area contributed by atoms with E-state index >= 15 is 0 Å². The van der Waals surface area contributed by atoms with E-state index in [-0.39, 0.29) is 22.2 Å². The first-order valence-corrected chi connectivity index (χ1v) is 11.2. The van der Waals surface area contributed by atoms with Crippen molar-refractivity contribution in [1.29, 1.82) is 0 Å². The first-order chi connectivity index (χ1) is 15.8. The molecular weight excluding hydrogens is 486 g/mol. The SMILES string of the molecule is CC(C)(C)OC(=O)CN1C(=O)C2(CC(=O)N(Cc3cc(F)cc(Cl)c3)C2=O)c2cc(Cl)ccc21. The first-order valence-electron chi connectivity index (χ1n) is 10.5. The molecule has 0 saturated carbocycles. The number of fused-ring (bicyclic) bond motifs is 2. The fraction of sp³-hybridized carbons (Fsp3) is 0.333. The normalized spacial score (nSPS) is 19.9. The van der Waals surface area contributed by atoms with Crippen molar-refractivity contribution >= 4 is 52.6 Å². The molecule has 1 atom stereocenters. The third kappa shape index (κ3) is 4.16. The first kappa shape index (κ1) is 24.2. The van der Waals surface area contributed by atoms with Gasteiger partial charge in [0, 0.05) is 21.3 Å². The molecule has 178 valence electrons. The number of hydrogen-bond donors (Lipinski definition) is 0. The maximum atomic E-state index is 13.8. The van der Waals surface area contributed by atoms with Gasteiger partial charge in [-0.25, -0.2) is 4.39 Å². The molecule has 2 aliphatic rings. The van der Waals surface area contributed by atoms with Gasteiger partial charge in [-0.1, -0.05) is 23.2 Å². The number of halogens is 3. The van der Waals surface area contributed by atoms with Crippen molar-refractivity contribution in [3.05, 3.63) is 63.4 Å². The van der Waals surface area contributed by atoms with Crippen LogP contribution < -0.4 is 4.90 Å². The Kier molecular flexibility index (Phi) is 5.94. The summed E-state index contributed by atoms with van der Waals surface area (Å²) in [6, 6.07) is 8.22. The summed E-state index contributed by atoms with van der Waals surface area (Å²) in [5.74, 6) is -3.37. The van der Waals surface area contributed by atoms with Gasteiger partial charge >= 0.3 is 5.97 Å². The number of benzene rings is 2. The Labute approximate surface area is 205 Å². The van der Waals surface area contributed by atoms with E-state index in [0.29, 0.717) is 11.3 Å². The van der Waals surface area contributed by atoms with Crippen LogP contribution >= 0.6 is 23.2 Å². The zero-order valence-corrected chi connectivity index (χ0v) is 20.2. The predicted molar refractivity (Wildman–Crippen MR) is 123 cm³/mol. The summed E-state index contributed by atoms with van der Waals surface area (Å²) in [5.41, 5.74) is -1.80. The highest BCUT2D eigenvalue weighted by Gasteiger charge is 2.64. The van der Waals surface area contributed by atoms with Crippen LogP contribution in [0.15, 0.2) is 36.4 Å². The van der Waals surface area contributed by atoms with Crippen LogP contribution in [0.1, 0.15) is 38.3 Å². The minimum absolute atomic E-state index is 0.112. The number of likely N-dealkylation sites (tertiary alicyclic amines) is 1. The quantitative estimate of drug-likeness (QED) is 0.355. The maximum Gasteiger partial charge on any atom is 0.326 e. The number of nitrogens with zero attached hydrogens (tertiary/aromatic N) is 2. The molecule has 0 N–H and O–H groups in total. The zero-order chi connectivity index (χ0) is 25.0. The fourth-order valence-corrected chi connectivity index (χ4v) is 4.78. The van der Waals surface area contributed by atoms with E-state index in [0.717, 1.165) is 21.9 Å². The summed E-state index contributed by atoms with van der Waals surface area (Å²) in [5, 5.41) is 0.377. The Bertz CT molecular complexity index is 1220. The van der Waals surface area contributed by atoms with E-state index in [9.17, 15) is 23.6 Å². The van der Waals surface area contributed by atoms with Gasteiger partial charge in [0.05, 0.1) is 13.0 Å². The molecule has 0 aromatic heterocycles. The lowest BCUT2D eigenvalue weighted by atomic mass is 9.80. The molecule has 10 heteroatoms. The van der Waals surface area contributed by atoms with Gasteiger partial charge in [0.15, 0.2) is 5.41 Å². The highest BCUT2D eigenvalue weighted by molar-refractivity contribution is 6.33. The molecule has 4 rings (SSSR count). The number of anilines is 1. The standard InChI is InChI=1S/C24H21Cl2FN2O5/c1-23(2,3)34-20(31)12-28-18-5-4-14(25)9-17(18)24(21(28)32)10-19(30)29(22(24)33)11-13-6-15(26)8-16(27)7-13/h4-9H,10-12H2,1-3H3. The summed E-state index contributed by atoms with van der Waals surface area (Å²) in [6.45, 7) is 4.39. The molecule has 3 amide bonds. The van der Waals surface area contributed by atoms with Crippen molar-refractivity contribution in [2.24, 2.45) is 0 Å². The Hall–Kier alpha value is -2.97. The van der Waals surface area contributed by atoms with Crippen LogP contribution in [0, 0.1) is 5.82 Å². The minimum atomic E-state index is -1.86. The van der Waals surface area contributed by atoms with E-state index < -0.39 is 53.5 Å². The maximum absolute atomic E-state index is 13.8. The van der Waals surface area contributed by atoms with Crippen molar-refractivity contribution in [2.75, 3.05) is 11.4 Å². The average Bonchev–Trinajstić information content (AvgIpc) is 3.07. The van der Waals surface area contributed by atoms with Crippen molar-refractivity contribution in [3.8, 4) is 0 Å². The summed E-state index contributed by atoms with van der Waals surface area (Å²) in [4.78, 5) is 54.8. The van der Waals surface area contributed by atoms with Crippen LogP contribution in [-0.2, 0) is 35.9 Å². The molecule has 1 saturated heterocycles. The number of amides is 3. The van der Waals surface area contributed by atoms with Gasteiger partial charge < -0.3 is 4.74 Å². The van der Waals surface area contributed by atoms with E-state index in [2.05, 4.69) is 0 Å². The number of carbonyl (C=O) groups is 4. The number of esters is 1. The van der Waals surface area contributed by atoms with Crippen LogP contribution in [0.2, 0.25) is 10.0 Å². The number of carbonyl (C=O) groups excluding carboxylic acids is 4. The van der Waals surface area contributed by atoms with E-state index in [1.807, 2.05) is 0 Å². The van der Waals surface area contributed by atoms with E-state index in [4.69, 9.17) is 27.9 Å². The average molecular weight is 507 g/mol. The monoisotopic (exact) mass is 506 g/mol. The van der Waals surface area contributed by atoms with Crippen molar-refractivity contribution in [3.63, 3.8) is 0 Å². The van der Waals surface area contributed by atoms with E-state index in [1.54, 1.807) is 20.8 Å². The number of ether oxygens (including phenoxy) is 1. The van der Waals surface area contributed by atoms with Gasteiger partial charge in [-0.2, -0.15) is 0 Å². The Morgan fingerprint density at radius 1 is 1.03 bits per heavy atom. The lowest BCUT2D eigenvalue weighted by Gasteiger charge is -2.24. The molecule has 0 aliphatic carbocycles. The molecule has 2 aliphatic heterocycles. The smallest absolute Gasteiger partial charge is 0.326 e. The highest BCUT2D eigenvalue weighted by atomic mass is 35.5. The zero-order valence-electron chi connectivity index (χ0n) is 18.7. The Morgan fingerprint density at radius 3 is 2.35 bits per heavy atom. The highest BCUT2D eigenvalue weighted by Crippen LogP contribution is 2.49. The van der Waals surface area contributed by atoms with Gasteiger partial charge in [0.2, 0.25) is 17.7 Å². The molecule has 2 aromatic rings. The predicted octanol–water partition coefficient (Wildman–Crippen LogP) is 4.02. The molecule has 2 heterocycles. The number of imide groups is 1. The molecule has 1 fully saturated rings. The van der Waals surface area contributed by atoms with Crippen molar-refractivity contribution < 1.29 is 28.3 Å². The van der Waals surface area contributed by atoms with Gasteiger partial charge in [-0.3, -0.25) is 29.0 Å². The number of hydrogen-bond acceptors (Lipinski definition) is 5. The molecule has 34 heavy (non-hydrogen) atoms. The topological polar surface area (TPSA) is 84.0 Å². The van der Waals surface area contributed by atoms with Crippen LogP contribution in [-0.4, -0.2) is 40.7 Å². The number of rotatable bonds is 4. The third-order valence-corrected chi connectivity index (χ3v) is 6.07. The lowest BCUT2D eigenvalue weighted by molar-refractivity contribution is -0.154. The lowest BCUT2D eigenvalue weighted by Crippen LogP contribution is -2.48. The summed E-state index contributed by atoms with van der Waals surface area (Å²) in [7, 11) is 0. The van der Waals surface area contributed by atoms with Gasteiger partial charge in [-0.05, 0) is 62.7 Å². The molecule has 0 radical (unpaired) electrons. The second kappa shape index (κ2) is 8.36.